The second-order valence-electron chi connectivity index (χ2n) is 3.27. The molecular formula is C9H9N3O3. The third-order valence-electron chi connectivity index (χ3n) is 2.26. The standard InChI is InChI=1S/C9H9N3O3/c10-6-2-1-3-7-11-9(15)5(12(6)7)4-8(13)14/h1-3,5,10H,4H2,(H,11,15)(H,13,14). The van der Waals surface area contributed by atoms with Gasteiger partial charge < -0.3 is 10.4 Å². The van der Waals surface area contributed by atoms with Crippen LogP contribution in [-0.2, 0) is 9.59 Å². The molecule has 3 N–H and O–H groups in total. The minimum atomic E-state index is -1.06. The van der Waals surface area contributed by atoms with E-state index in [1.54, 1.807) is 12.1 Å². The zero-order valence-corrected chi connectivity index (χ0v) is 7.73. The minimum absolute atomic E-state index is 0.122. The lowest BCUT2D eigenvalue weighted by molar-refractivity contribution is -0.139. The van der Waals surface area contributed by atoms with E-state index in [9.17, 15) is 9.59 Å². The summed E-state index contributed by atoms with van der Waals surface area (Å²) in [5, 5.41) is 18.8. The first-order valence-corrected chi connectivity index (χ1v) is 4.38. The number of nitrogens with zero attached hydrogens (tertiary/aromatic N) is 1. The summed E-state index contributed by atoms with van der Waals surface area (Å²) in [5.74, 6) is -0.963. The maximum Gasteiger partial charge on any atom is 0.306 e. The normalized spacial score (nSPS) is 18.4. The fourth-order valence-corrected chi connectivity index (χ4v) is 1.63. The number of aromatic nitrogens is 1. The van der Waals surface area contributed by atoms with Crippen molar-refractivity contribution in [2.45, 2.75) is 12.5 Å². The van der Waals surface area contributed by atoms with Gasteiger partial charge in [-0.2, -0.15) is 0 Å². The third kappa shape index (κ3) is 1.50. The zero-order valence-electron chi connectivity index (χ0n) is 7.73. The van der Waals surface area contributed by atoms with Crippen molar-refractivity contribution in [3.8, 4) is 0 Å². The summed E-state index contributed by atoms with van der Waals surface area (Å²) in [4.78, 5) is 22.0. The Balaban J connectivity index is 2.48. The molecule has 1 aliphatic rings. The summed E-state index contributed by atoms with van der Waals surface area (Å²) in [6.45, 7) is 0. The molecule has 1 aromatic rings. The number of carboxylic acid groups (broad SMARTS) is 1. The van der Waals surface area contributed by atoms with Crippen molar-refractivity contribution in [2.75, 3.05) is 5.32 Å². The lowest BCUT2D eigenvalue weighted by Gasteiger charge is -2.09. The Morgan fingerprint density at radius 3 is 3.00 bits per heavy atom. The Kier molecular flexibility index (Phi) is 2.03. The molecule has 2 rings (SSSR count). The lowest BCUT2D eigenvalue weighted by atomic mass is 10.2. The number of carboxylic acids is 1. The van der Waals surface area contributed by atoms with E-state index in [0.29, 0.717) is 5.82 Å². The van der Waals surface area contributed by atoms with Gasteiger partial charge in [0, 0.05) is 0 Å². The van der Waals surface area contributed by atoms with Gasteiger partial charge in [0.15, 0.2) is 0 Å². The SMILES string of the molecule is N=c1cccc2n1C(CC(=O)O)C(=O)N2. The molecule has 0 bridgehead atoms. The highest BCUT2D eigenvalue weighted by atomic mass is 16.4. The fraction of sp³-hybridized carbons (Fsp3) is 0.222. The Labute approximate surface area is 84.7 Å². The molecule has 6 heteroatoms. The molecule has 1 aliphatic heterocycles. The Morgan fingerprint density at radius 1 is 1.60 bits per heavy atom. The molecular weight excluding hydrogens is 198 g/mol. The van der Waals surface area contributed by atoms with E-state index in [4.69, 9.17) is 10.5 Å². The number of amides is 1. The molecule has 78 valence electrons. The van der Waals surface area contributed by atoms with Gasteiger partial charge in [0.25, 0.3) is 0 Å². The Bertz CT molecular complexity index is 492. The highest BCUT2D eigenvalue weighted by Crippen LogP contribution is 2.23. The van der Waals surface area contributed by atoms with Crippen LogP contribution in [0.5, 0.6) is 0 Å². The molecule has 0 saturated carbocycles. The lowest BCUT2D eigenvalue weighted by Crippen LogP contribution is -2.25. The van der Waals surface area contributed by atoms with Gasteiger partial charge in [0.05, 0.1) is 6.42 Å². The van der Waals surface area contributed by atoms with E-state index in [0.717, 1.165) is 0 Å². The number of carbonyl (C=O) groups excluding carboxylic acids is 1. The van der Waals surface area contributed by atoms with E-state index in [-0.39, 0.29) is 17.8 Å². The highest BCUT2D eigenvalue weighted by molar-refractivity contribution is 5.98. The molecule has 0 aromatic carbocycles. The van der Waals surface area contributed by atoms with Gasteiger partial charge in [-0.15, -0.1) is 0 Å². The largest absolute Gasteiger partial charge is 0.481 e. The number of hydrogen-bond acceptors (Lipinski definition) is 3. The highest BCUT2D eigenvalue weighted by Gasteiger charge is 2.31. The molecule has 0 spiro atoms. The van der Waals surface area contributed by atoms with E-state index >= 15 is 0 Å². The first-order valence-electron chi connectivity index (χ1n) is 4.38. The molecule has 1 amide bonds. The summed E-state index contributed by atoms with van der Waals surface area (Å²) >= 11 is 0. The minimum Gasteiger partial charge on any atom is -0.481 e. The first kappa shape index (κ1) is 9.45. The van der Waals surface area contributed by atoms with Gasteiger partial charge in [-0.3, -0.25) is 19.6 Å². The molecule has 0 aliphatic carbocycles. The number of nitrogens with one attached hydrogen (secondary N) is 2. The van der Waals surface area contributed by atoms with Gasteiger partial charge >= 0.3 is 5.97 Å². The van der Waals surface area contributed by atoms with E-state index in [1.807, 2.05) is 0 Å². The number of hydrogen-bond donors (Lipinski definition) is 3. The van der Waals surface area contributed by atoms with Crippen molar-refractivity contribution >= 4 is 17.7 Å². The first-order chi connectivity index (χ1) is 7.09. The molecule has 1 aromatic heterocycles. The second kappa shape index (κ2) is 3.23. The summed E-state index contributed by atoms with van der Waals surface area (Å²) in [6, 6.07) is 3.97. The van der Waals surface area contributed by atoms with Gasteiger partial charge in [0.1, 0.15) is 17.3 Å². The van der Waals surface area contributed by atoms with E-state index in [1.165, 1.54) is 10.6 Å². The van der Waals surface area contributed by atoms with Crippen molar-refractivity contribution < 1.29 is 14.7 Å². The fourth-order valence-electron chi connectivity index (χ4n) is 1.63. The molecule has 2 heterocycles. The number of carbonyl (C=O) groups is 2. The molecule has 1 atom stereocenters. The molecule has 6 nitrogen and oxygen atoms in total. The number of anilines is 1. The Morgan fingerprint density at radius 2 is 2.33 bits per heavy atom. The summed E-state index contributed by atoms with van der Waals surface area (Å²) in [5.41, 5.74) is 0.122. The maximum absolute atomic E-state index is 11.4. The second-order valence-corrected chi connectivity index (χ2v) is 3.27. The summed E-state index contributed by atoms with van der Waals surface area (Å²) in [6.07, 6.45) is -0.306. The van der Waals surface area contributed by atoms with Crippen molar-refractivity contribution in [1.29, 1.82) is 5.41 Å². The predicted octanol–water partition coefficient (Wildman–Crippen LogP) is -0.0645. The van der Waals surface area contributed by atoms with Crippen LogP contribution >= 0.6 is 0 Å². The van der Waals surface area contributed by atoms with Crippen LogP contribution in [0.25, 0.3) is 0 Å². The van der Waals surface area contributed by atoms with Crippen molar-refractivity contribution in [1.82, 2.24) is 4.57 Å². The van der Waals surface area contributed by atoms with Gasteiger partial charge in [-0.25, -0.2) is 0 Å². The van der Waals surface area contributed by atoms with Crippen LogP contribution in [0, 0.1) is 5.41 Å². The van der Waals surface area contributed by atoms with E-state index < -0.39 is 12.0 Å². The van der Waals surface area contributed by atoms with Crippen LogP contribution in [0.1, 0.15) is 12.5 Å². The topological polar surface area (TPSA) is 95.2 Å². The molecule has 0 radical (unpaired) electrons. The van der Waals surface area contributed by atoms with Crippen LogP contribution in [-0.4, -0.2) is 21.6 Å². The van der Waals surface area contributed by atoms with Crippen LogP contribution in [0.3, 0.4) is 0 Å². The van der Waals surface area contributed by atoms with Crippen LogP contribution in [0.4, 0.5) is 5.82 Å². The summed E-state index contributed by atoms with van der Waals surface area (Å²) < 4.78 is 1.39. The number of fused-ring (bicyclic) bond motifs is 1. The monoisotopic (exact) mass is 207 g/mol. The zero-order chi connectivity index (χ0) is 11.0. The molecule has 0 fully saturated rings. The van der Waals surface area contributed by atoms with Gasteiger partial charge in [-0.1, -0.05) is 6.07 Å². The smallest absolute Gasteiger partial charge is 0.306 e. The van der Waals surface area contributed by atoms with Crippen LogP contribution in [0.15, 0.2) is 18.2 Å². The van der Waals surface area contributed by atoms with Crippen molar-refractivity contribution in [3.63, 3.8) is 0 Å². The maximum atomic E-state index is 11.4. The number of aliphatic carboxylic acids is 1. The number of rotatable bonds is 2. The van der Waals surface area contributed by atoms with Crippen LogP contribution < -0.4 is 10.8 Å². The van der Waals surface area contributed by atoms with E-state index in [2.05, 4.69) is 5.32 Å². The molecule has 15 heavy (non-hydrogen) atoms. The summed E-state index contributed by atoms with van der Waals surface area (Å²) in [7, 11) is 0. The van der Waals surface area contributed by atoms with Gasteiger partial charge in [0.2, 0.25) is 5.91 Å². The number of pyridine rings is 1. The third-order valence-corrected chi connectivity index (χ3v) is 2.26. The average molecular weight is 207 g/mol. The average Bonchev–Trinajstić information content (AvgIpc) is 2.43. The van der Waals surface area contributed by atoms with Crippen LogP contribution in [0.2, 0.25) is 0 Å². The molecule has 1 unspecified atom stereocenters. The Hall–Kier alpha value is -2.11. The molecule has 0 saturated heterocycles. The quantitative estimate of drug-likeness (QED) is 0.633. The van der Waals surface area contributed by atoms with Gasteiger partial charge in [-0.05, 0) is 12.1 Å². The van der Waals surface area contributed by atoms with Crippen molar-refractivity contribution in [2.24, 2.45) is 0 Å². The van der Waals surface area contributed by atoms with Crippen molar-refractivity contribution in [3.05, 3.63) is 23.7 Å². The predicted molar refractivity (Wildman–Crippen MR) is 50.2 cm³/mol.